The largest absolute Gasteiger partial charge is 0.384 e. The molecule has 5 heteroatoms. The minimum atomic E-state index is 0.564. The first-order valence-corrected chi connectivity index (χ1v) is 6.01. The van der Waals surface area contributed by atoms with Gasteiger partial charge in [0, 0.05) is 24.8 Å². The molecule has 0 bridgehead atoms. The van der Waals surface area contributed by atoms with Crippen molar-refractivity contribution >= 4 is 17.6 Å². The molecule has 0 amide bonds. The molecule has 0 unspecified atom stereocenters. The molecule has 1 heterocycles. The van der Waals surface area contributed by atoms with Crippen molar-refractivity contribution < 1.29 is 0 Å². The highest BCUT2D eigenvalue weighted by Crippen LogP contribution is 2.17. The Kier molecular flexibility index (Phi) is 4.84. The van der Waals surface area contributed by atoms with E-state index in [2.05, 4.69) is 29.0 Å². The Morgan fingerprint density at radius 2 is 2.13 bits per heavy atom. The van der Waals surface area contributed by atoms with E-state index in [1.54, 1.807) is 11.8 Å². The number of aromatic nitrogens is 2. The van der Waals surface area contributed by atoms with Gasteiger partial charge < -0.3 is 10.6 Å². The maximum atomic E-state index is 5.69. The number of anilines is 1. The lowest BCUT2D eigenvalue weighted by atomic mass is 10.4. The van der Waals surface area contributed by atoms with Crippen molar-refractivity contribution in [2.75, 3.05) is 32.1 Å². The van der Waals surface area contributed by atoms with Crippen LogP contribution < -0.4 is 5.73 Å². The number of hydrogen-bond acceptors (Lipinski definition) is 5. The average molecular weight is 226 g/mol. The van der Waals surface area contributed by atoms with Crippen LogP contribution in [-0.4, -0.2) is 41.3 Å². The average Bonchev–Trinajstić information content (AvgIpc) is 2.16. The molecule has 4 nitrogen and oxygen atoms in total. The van der Waals surface area contributed by atoms with E-state index >= 15 is 0 Å². The topological polar surface area (TPSA) is 55.0 Å². The van der Waals surface area contributed by atoms with E-state index < -0.39 is 0 Å². The zero-order valence-corrected chi connectivity index (χ0v) is 10.3. The highest BCUT2D eigenvalue weighted by atomic mass is 32.2. The van der Waals surface area contributed by atoms with E-state index in [-0.39, 0.29) is 0 Å². The van der Waals surface area contributed by atoms with Gasteiger partial charge in [-0.2, -0.15) is 0 Å². The van der Waals surface area contributed by atoms with Gasteiger partial charge in [-0.05, 0) is 14.1 Å². The van der Waals surface area contributed by atoms with Gasteiger partial charge in [0.1, 0.15) is 16.7 Å². The molecule has 84 valence electrons. The minimum absolute atomic E-state index is 0.564. The minimum Gasteiger partial charge on any atom is -0.384 e. The Hall–Kier alpha value is -0.810. The number of nitrogens with zero attached hydrogens (tertiary/aromatic N) is 3. The van der Waals surface area contributed by atoms with E-state index in [9.17, 15) is 0 Å². The molecule has 0 aliphatic rings. The summed E-state index contributed by atoms with van der Waals surface area (Å²) in [6.45, 7) is 3.07. The summed E-state index contributed by atoms with van der Waals surface area (Å²) < 4.78 is 0. The molecule has 0 fully saturated rings. The molecular formula is C10H18N4S. The fourth-order valence-electron chi connectivity index (χ4n) is 1.06. The summed E-state index contributed by atoms with van der Waals surface area (Å²) in [5.41, 5.74) is 5.69. The van der Waals surface area contributed by atoms with Crippen LogP contribution in [0.1, 0.15) is 12.7 Å². The van der Waals surface area contributed by atoms with Crippen molar-refractivity contribution in [1.82, 2.24) is 14.9 Å². The molecule has 0 spiro atoms. The number of thioether (sulfide) groups is 1. The molecular weight excluding hydrogens is 208 g/mol. The lowest BCUT2D eigenvalue weighted by Gasteiger charge is -2.08. The van der Waals surface area contributed by atoms with E-state index in [0.29, 0.717) is 5.82 Å². The van der Waals surface area contributed by atoms with Gasteiger partial charge in [-0.3, -0.25) is 0 Å². The van der Waals surface area contributed by atoms with Crippen LogP contribution in [0.4, 0.5) is 5.82 Å². The first kappa shape index (κ1) is 12.3. The molecule has 1 aromatic heterocycles. The second-order valence-corrected chi connectivity index (χ2v) is 4.67. The maximum absolute atomic E-state index is 5.69. The zero-order valence-electron chi connectivity index (χ0n) is 9.53. The third kappa shape index (κ3) is 4.48. The second-order valence-electron chi connectivity index (χ2n) is 3.55. The summed E-state index contributed by atoms with van der Waals surface area (Å²) >= 11 is 1.72. The van der Waals surface area contributed by atoms with E-state index in [0.717, 1.165) is 29.6 Å². The van der Waals surface area contributed by atoms with Gasteiger partial charge in [-0.15, -0.1) is 11.8 Å². The van der Waals surface area contributed by atoms with Crippen molar-refractivity contribution in [3.05, 3.63) is 11.9 Å². The van der Waals surface area contributed by atoms with E-state index in [4.69, 9.17) is 5.73 Å². The molecule has 0 aromatic carbocycles. The van der Waals surface area contributed by atoms with Gasteiger partial charge in [-0.25, -0.2) is 9.97 Å². The number of nitrogen functional groups attached to an aromatic ring is 1. The monoisotopic (exact) mass is 226 g/mol. The first-order valence-electron chi connectivity index (χ1n) is 5.02. The van der Waals surface area contributed by atoms with Crippen molar-refractivity contribution in [1.29, 1.82) is 0 Å². The highest BCUT2D eigenvalue weighted by molar-refractivity contribution is 7.99. The second kappa shape index (κ2) is 5.92. The Morgan fingerprint density at radius 3 is 2.73 bits per heavy atom. The number of hydrogen-bond donors (Lipinski definition) is 1. The van der Waals surface area contributed by atoms with E-state index in [1.165, 1.54) is 0 Å². The predicted molar refractivity (Wildman–Crippen MR) is 65.1 cm³/mol. The normalized spacial score (nSPS) is 10.9. The molecule has 15 heavy (non-hydrogen) atoms. The van der Waals surface area contributed by atoms with Gasteiger partial charge in [-0.1, -0.05) is 6.92 Å². The van der Waals surface area contributed by atoms with Gasteiger partial charge in [0.25, 0.3) is 0 Å². The Labute approximate surface area is 95.3 Å². The fourth-order valence-corrected chi connectivity index (χ4v) is 2.10. The maximum Gasteiger partial charge on any atom is 0.131 e. The number of nitrogens with two attached hydrogens (primary N) is 1. The smallest absolute Gasteiger partial charge is 0.131 e. The van der Waals surface area contributed by atoms with Gasteiger partial charge in [0.05, 0.1) is 0 Å². The van der Waals surface area contributed by atoms with Crippen molar-refractivity contribution in [3.63, 3.8) is 0 Å². The molecule has 0 saturated heterocycles. The van der Waals surface area contributed by atoms with Crippen LogP contribution in [0.25, 0.3) is 0 Å². The summed E-state index contributed by atoms with van der Waals surface area (Å²) in [6, 6.07) is 1.83. The quantitative estimate of drug-likeness (QED) is 0.605. The molecule has 1 rings (SSSR count). The molecule has 0 aliphatic carbocycles. The van der Waals surface area contributed by atoms with E-state index in [1.807, 2.05) is 13.0 Å². The van der Waals surface area contributed by atoms with Crippen molar-refractivity contribution in [2.45, 2.75) is 18.4 Å². The standard InChI is InChI=1S/C10H18N4S/c1-4-9-12-8(11)7-10(13-9)15-6-5-14(2)3/h7H,4-6H2,1-3H3,(H2,11,12,13). The summed E-state index contributed by atoms with van der Waals surface area (Å²) in [5, 5.41) is 0.973. The molecule has 0 atom stereocenters. The van der Waals surface area contributed by atoms with Crippen LogP contribution in [0.3, 0.4) is 0 Å². The summed E-state index contributed by atoms with van der Waals surface area (Å²) in [6.07, 6.45) is 0.826. The SMILES string of the molecule is CCc1nc(N)cc(SCCN(C)C)n1. The highest BCUT2D eigenvalue weighted by Gasteiger charge is 2.02. The van der Waals surface area contributed by atoms with Gasteiger partial charge >= 0.3 is 0 Å². The van der Waals surface area contributed by atoms with Crippen LogP contribution in [0.15, 0.2) is 11.1 Å². The van der Waals surface area contributed by atoms with Crippen LogP contribution >= 0.6 is 11.8 Å². The fraction of sp³-hybridized carbons (Fsp3) is 0.600. The Morgan fingerprint density at radius 1 is 1.40 bits per heavy atom. The van der Waals surface area contributed by atoms with Gasteiger partial charge in [0.2, 0.25) is 0 Å². The molecule has 0 aliphatic heterocycles. The lowest BCUT2D eigenvalue weighted by molar-refractivity contribution is 0.437. The van der Waals surface area contributed by atoms with Crippen molar-refractivity contribution in [3.8, 4) is 0 Å². The summed E-state index contributed by atoms with van der Waals surface area (Å²) in [7, 11) is 4.12. The predicted octanol–water partition coefficient (Wildman–Crippen LogP) is 1.27. The van der Waals surface area contributed by atoms with Crippen molar-refractivity contribution in [2.24, 2.45) is 0 Å². The van der Waals surface area contributed by atoms with Crippen LogP contribution in [-0.2, 0) is 6.42 Å². The van der Waals surface area contributed by atoms with Crippen LogP contribution in [0.2, 0.25) is 0 Å². The number of rotatable bonds is 5. The zero-order chi connectivity index (χ0) is 11.3. The number of aryl methyl sites for hydroxylation is 1. The molecule has 1 aromatic rings. The summed E-state index contributed by atoms with van der Waals surface area (Å²) in [5.74, 6) is 2.41. The Bertz CT molecular complexity index is 314. The third-order valence-corrected chi connectivity index (χ3v) is 2.77. The van der Waals surface area contributed by atoms with Crippen LogP contribution in [0, 0.1) is 0 Å². The molecule has 0 saturated carbocycles. The Balaban J connectivity index is 2.56. The lowest BCUT2D eigenvalue weighted by Crippen LogP contribution is -2.14. The summed E-state index contributed by atoms with van der Waals surface area (Å²) in [4.78, 5) is 10.7. The first-order chi connectivity index (χ1) is 7.11. The molecule has 0 radical (unpaired) electrons. The van der Waals surface area contributed by atoms with Gasteiger partial charge in [0.15, 0.2) is 0 Å². The molecule has 2 N–H and O–H groups in total. The third-order valence-electron chi connectivity index (χ3n) is 1.87. The van der Waals surface area contributed by atoms with Crippen LogP contribution in [0.5, 0.6) is 0 Å².